The average Bonchev–Trinajstić information content (AvgIpc) is 2.63. The highest BCUT2D eigenvalue weighted by Crippen LogP contribution is 2.12. The number of aryl methyl sites for hydroxylation is 2. The summed E-state index contributed by atoms with van der Waals surface area (Å²) in [5.74, 6) is -0.0428. The molecule has 0 amide bonds. The molecular weight excluding hydrogens is 404 g/mol. The van der Waals surface area contributed by atoms with Gasteiger partial charge in [-0.2, -0.15) is 5.10 Å². The van der Waals surface area contributed by atoms with Gasteiger partial charge in [0.1, 0.15) is 6.54 Å². The van der Waals surface area contributed by atoms with Crippen LogP contribution in [0.4, 0.5) is 0 Å². The van der Waals surface area contributed by atoms with Gasteiger partial charge in [-0.25, -0.2) is 4.68 Å². The molecule has 0 atom stereocenters. The Morgan fingerprint density at radius 2 is 1.63 bits per heavy atom. The van der Waals surface area contributed by atoms with Crippen LogP contribution in [0.2, 0.25) is 0 Å². The second-order valence-corrected chi connectivity index (χ2v) is 7.69. The van der Waals surface area contributed by atoms with E-state index in [4.69, 9.17) is 0 Å². The molecule has 0 aliphatic heterocycles. The van der Waals surface area contributed by atoms with E-state index in [2.05, 4.69) is 21.0 Å². The number of aromatic nitrogens is 2. The third-order valence-corrected chi connectivity index (χ3v) is 4.86. The van der Waals surface area contributed by atoms with Crippen LogP contribution in [0.5, 0.6) is 0 Å². The Balaban J connectivity index is 1.78. The Kier molecular flexibility index (Phi) is 6.01. The Morgan fingerprint density at radius 1 is 1.00 bits per heavy atom. The lowest BCUT2D eigenvalue weighted by Gasteiger charge is -2.09. The van der Waals surface area contributed by atoms with Crippen molar-refractivity contribution in [1.82, 2.24) is 9.78 Å². The first-order valence-electron chi connectivity index (χ1n) is 8.80. The standard InChI is InChI=1S/C22H21BrN2O2/c1-15-3-5-17(6-4-15)12-19-11-16(2)24-25(22(19)27)14-21(26)13-18-7-9-20(23)10-8-18/h3-11H,12-14H2,1-2H3. The number of carbonyl (C=O) groups is 1. The van der Waals surface area contributed by atoms with Gasteiger partial charge in [-0.15, -0.1) is 0 Å². The normalized spacial score (nSPS) is 10.8. The molecule has 0 unspecified atom stereocenters. The molecule has 0 aliphatic carbocycles. The Hall–Kier alpha value is -2.53. The summed E-state index contributed by atoms with van der Waals surface area (Å²) in [6, 6.07) is 17.5. The number of ketones is 1. The molecule has 0 saturated heterocycles. The molecule has 3 aromatic rings. The lowest BCUT2D eigenvalue weighted by atomic mass is 10.0. The lowest BCUT2D eigenvalue weighted by Crippen LogP contribution is -2.30. The van der Waals surface area contributed by atoms with Crippen molar-refractivity contribution in [3.8, 4) is 0 Å². The van der Waals surface area contributed by atoms with Crippen LogP contribution in [-0.4, -0.2) is 15.6 Å². The van der Waals surface area contributed by atoms with E-state index in [-0.39, 0.29) is 24.3 Å². The minimum absolute atomic E-state index is 0.0164. The molecule has 1 heterocycles. The predicted molar refractivity (Wildman–Crippen MR) is 110 cm³/mol. The molecule has 2 aromatic carbocycles. The molecule has 5 heteroatoms. The maximum absolute atomic E-state index is 12.8. The molecule has 0 aliphatic rings. The van der Waals surface area contributed by atoms with Crippen molar-refractivity contribution in [3.63, 3.8) is 0 Å². The van der Waals surface area contributed by atoms with Gasteiger partial charge in [-0.05, 0) is 43.2 Å². The second-order valence-electron chi connectivity index (χ2n) is 6.78. The van der Waals surface area contributed by atoms with Crippen molar-refractivity contribution in [1.29, 1.82) is 0 Å². The number of Topliss-reactive ketones (excluding diaryl/α,β-unsaturated/α-hetero) is 1. The number of halogens is 1. The molecule has 1 aromatic heterocycles. The number of carbonyl (C=O) groups excluding carboxylic acids is 1. The first-order valence-corrected chi connectivity index (χ1v) is 9.59. The van der Waals surface area contributed by atoms with Gasteiger partial charge in [-0.3, -0.25) is 9.59 Å². The second kappa shape index (κ2) is 8.44. The fourth-order valence-corrected chi connectivity index (χ4v) is 3.22. The van der Waals surface area contributed by atoms with Crippen LogP contribution in [0.1, 0.15) is 27.9 Å². The number of hydrogen-bond donors (Lipinski definition) is 0. The first-order chi connectivity index (χ1) is 12.9. The van der Waals surface area contributed by atoms with Gasteiger partial charge in [0.2, 0.25) is 0 Å². The molecule has 0 radical (unpaired) electrons. The summed E-state index contributed by atoms with van der Waals surface area (Å²) in [6.07, 6.45) is 0.812. The van der Waals surface area contributed by atoms with Gasteiger partial charge in [0, 0.05) is 22.9 Å². The molecule has 0 N–H and O–H groups in total. The van der Waals surface area contributed by atoms with Crippen molar-refractivity contribution in [2.24, 2.45) is 0 Å². The molecule has 4 nitrogen and oxygen atoms in total. The Bertz CT molecular complexity index is 1010. The maximum atomic E-state index is 12.8. The summed E-state index contributed by atoms with van der Waals surface area (Å²) < 4.78 is 2.26. The van der Waals surface area contributed by atoms with Gasteiger partial charge in [0.05, 0.1) is 5.69 Å². The van der Waals surface area contributed by atoms with Crippen LogP contribution in [-0.2, 0) is 24.2 Å². The Labute approximate surface area is 167 Å². The van der Waals surface area contributed by atoms with E-state index >= 15 is 0 Å². The van der Waals surface area contributed by atoms with E-state index in [0.29, 0.717) is 12.0 Å². The number of benzene rings is 2. The third kappa shape index (κ3) is 5.23. The summed E-state index contributed by atoms with van der Waals surface area (Å²) in [5.41, 5.74) is 4.35. The largest absolute Gasteiger partial charge is 0.297 e. The molecular formula is C22H21BrN2O2. The van der Waals surface area contributed by atoms with Gasteiger partial charge in [-0.1, -0.05) is 57.9 Å². The van der Waals surface area contributed by atoms with E-state index < -0.39 is 0 Å². The zero-order chi connectivity index (χ0) is 19.4. The van der Waals surface area contributed by atoms with Crippen LogP contribution in [0.3, 0.4) is 0 Å². The van der Waals surface area contributed by atoms with E-state index in [9.17, 15) is 9.59 Å². The average molecular weight is 425 g/mol. The number of rotatable bonds is 6. The van der Waals surface area contributed by atoms with Crippen molar-refractivity contribution < 1.29 is 4.79 Å². The van der Waals surface area contributed by atoms with E-state index in [1.807, 2.05) is 62.4 Å². The minimum atomic E-state index is -0.203. The molecule has 0 fully saturated rings. The van der Waals surface area contributed by atoms with E-state index in [1.54, 1.807) is 6.07 Å². The van der Waals surface area contributed by atoms with Crippen LogP contribution >= 0.6 is 15.9 Å². The molecule has 27 heavy (non-hydrogen) atoms. The molecule has 0 saturated carbocycles. The fourth-order valence-electron chi connectivity index (χ4n) is 2.96. The highest BCUT2D eigenvalue weighted by Gasteiger charge is 2.12. The summed E-state index contributed by atoms with van der Waals surface area (Å²) in [6.45, 7) is 3.86. The van der Waals surface area contributed by atoms with E-state index in [1.165, 1.54) is 10.2 Å². The molecule has 0 bridgehead atoms. The highest BCUT2D eigenvalue weighted by molar-refractivity contribution is 9.10. The zero-order valence-electron chi connectivity index (χ0n) is 15.4. The number of nitrogens with zero attached hydrogens (tertiary/aromatic N) is 2. The minimum Gasteiger partial charge on any atom is -0.297 e. The topological polar surface area (TPSA) is 52.0 Å². The third-order valence-electron chi connectivity index (χ3n) is 4.33. The van der Waals surface area contributed by atoms with Gasteiger partial charge >= 0.3 is 0 Å². The van der Waals surface area contributed by atoms with Gasteiger partial charge in [0.15, 0.2) is 5.78 Å². The molecule has 138 valence electrons. The van der Waals surface area contributed by atoms with Crippen molar-refractivity contribution in [2.75, 3.05) is 0 Å². The van der Waals surface area contributed by atoms with E-state index in [0.717, 1.165) is 21.3 Å². The molecule has 0 spiro atoms. The summed E-state index contributed by atoms with van der Waals surface area (Å²) >= 11 is 3.38. The van der Waals surface area contributed by atoms with Crippen LogP contribution < -0.4 is 5.56 Å². The van der Waals surface area contributed by atoms with Gasteiger partial charge in [0.25, 0.3) is 5.56 Å². The zero-order valence-corrected chi connectivity index (χ0v) is 17.0. The summed E-state index contributed by atoms with van der Waals surface area (Å²) in [7, 11) is 0. The van der Waals surface area contributed by atoms with Crippen molar-refractivity contribution in [2.45, 2.75) is 33.2 Å². The smallest absolute Gasteiger partial charge is 0.270 e. The monoisotopic (exact) mass is 424 g/mol. The number of hydrogen-bond acceptors (Lipinski definition) is 3. The summed E-state index contributed by atoms with van der Waals surface area (Å²) in [5, 5.41) is 4.26. The van der Waals surface area contributed by atoms with Crippen molar-refractivity contribution in [3.05, 3.63) is 97.4 Å². The Morgan fingerprint density at radius 3 is 2.30 bits per heavy atom. The SMILES string of the molecule is Cc1ccc(Cc2cc(C)nn(CC(=O)Cc3ccc(Br)cc3)c2=O)cc1. The van der Waals surface area contributed by atoms with Crippen LogP contribution in [0.15, 0.2) is 63.9 Å². The highest BCUT2D eigenvalue weighted by atomic mass is 79.9. The summed E-state index contributed by atoms with van der Waals surface area (Å²) in [4.78, 5) is 25.2. The quantitative estimate of drug-likeness (QED) is 0.600. The van der Waals surface area contributed by atoms with Crippen molar-refractivity contribution >= 4 is 21.7 Å². The maximum Gasteiger partial charge on any atom is 0.270 e. The van der Waals surface area contributed by atoms with Gasteiger partial charge < -0.3 is 0 Å². The first kappa shape index (κ1) is 19.2. The van der Waals surface area contributed by atoms with Crippen LogP contribution in [0.25, 0.3) is 0 Å². The fraction of sp³-hybridized carbons (Fsp3) is 0.227. The lowest BCUT2D eigenvalue weighted by molar-refractivity contribution is -0.119. The van der Waals surface area contributed by atoms with Crippen LogP contribution in [0, 0.1) is 13.8 Å². The molecule has 3 rings (SSSR count). The predicted octanol–water partition coefficient (Wildman–Crippen LogP) is 4.03.